The van der Waals surface area contributed by atoms with Crippen LogP contribution in [0.4, 0.5) is 0 Å². The number of carbonyl (C=O) groups is 1. The van der Waals surface area contributed by atoms with Crippen molar-refractivity contribution in [2.45, 2.75) is 32.6 Å². The molecular weight excluding hydrogens is 284 g/mol. The molecule has 4 heteroatoms. The van der Waals surface area contributed by atoms with Crippen LogP contribution in [0.1, 0.15) is 30.4 Å². The Hall–Kier alpha value is -1.03. The van der Waals surface area contributed by atoms with Gasteiger partial charge in [0, 0.05) is 10.9 Å². The van der Waals surface area contributed by atoms with Crippen LogP contribution in [0.3, 0.4) is 0 Å². The number of aliphatic carboxylic acids is 1. The van der Waals surface area contributed by atoms with Crippen LogP contribution >= 0.6 is 15.9 Å². The van der Waals surface area contributed by atoms with Gasteiger partial charge in [-0.2, -0.15) is 0 Å². The van der Waals surface area contributed by atoms with Crippen molar-refractivity contribution in [3.8, 4) is 5.75 Å². The lowest BCUT2D eigenvalue weighted by Gasteiger charge is -2.10. The Morgan fingerprint density at radius 3 is 2.71 bits per heavy atom. The van der Waals surface area contributed by atoms with Crippen LogP contribution in [0.15, 0.2) is 16.6 Å². The zero-order valence-electron chi connectivity index (χ0n) is 10.1. The molecule has 0 radical (unpaired) electrons. The molecule has 0 aliphatic carbocycles. The number of benzene rings is 1. The normalized spacial score (nSPS) is 10.3. The summed E-state index contributed by atoms with van der Waals surface area (Å²) < 4.78 is 6.38. The summed E-state index contributed by atoms with van der Waals surface area (Å²) in [6.07, 6.45) is 2.63. The molecule has 0 saturated carbocycles. The summed E-state index contributed by atoms with van der Waals surface area (Å²) in [7, 11) is 1.66. The zero-order chi connectivity index (χ0) is 12.8. The highest BCUT2D eigenvalue weighted by Crippen LogP contribution is 2.28. The number of halogens is 1. The van der Waals surface area contributed by atoms with E-state index in [2.05, 4.69) is 22.0 Å². The average Bonchev–Trinajstić information content (AvgIpc) is 2.28. The fourth-order valence-electron chi connectivity index (χ4n) is 1.67. The molecule has 0 bridgehead atoms. The first-order chi connectivity index (χ1) is 8.04. The maximum Gasteiger partial charge on any atom is 0.303 e. The van der Waals surface area contributed by atoms with Crippen molar-refractivity contribution in [1.29, 1.82) is 0 Å². The summed E-state index contributed by atoms with van der Waals surface area (Å²) in [5, 5.41) is 8.56. The van der Waals surface area contributed by atoms with Gasteiger partial charge >= 0.3 is 5.97 Å². The van der Waals surface area contributed by atoms with Crippen molar-refractivity contribution < 1.29 is 14.6 Å². The van der Waals surface area contributed by atoms with E-state index in [1.165, 1.54) is 0 Å². The molecule has 0 atom stereocenters. The minimum absolute atomic E-state index is 0.231. The molecule has 94 valence electrons. The monoisotopic (exact) mass is 300 g/mol. The Kier molecular flexibility index (Phi) is 5.48. The van der Waals surface area contributed by atoms with Crippen LogP contribution in [0.25, 0.3) is 0 Å². The number of carboxylic acids is 1. The topological polar surface area (TPSA) is 46.5 Å². The summed E-state index contributed by atoms with van der Waals surface area (Å²) in [6.45, 7) is 2.01. The molecule has 0 saturated heterocycles. The van der Waals surface area contributed by atoms with Crippen molar-refractivity contribution >= 4 is 21.9 Å². The number of methoxy groups -OCH3 is 1. The first-order valence-corrected chi connectivity index (χ1v) is 6.38. The van der Waals surface area contributed by atoms with E-state index in [-0.39, 0.29) is 6.42 Å². The quantitative estimate of drug-likeness (QED) is 0.817. The van der Waals surface area contributed by atoms with Gasteiger partial charge in [-0.25, -0.2) is 0 Å². The minimum atomic E-state index is -0.734. The molecule has 0 aromatic heterocycles. The predicted octanol–water partition coefficient (Wildman–Crippen LogP) is 3.56. The van der Waals surface area contributed by atoms with Crippen LogP contribution in [0.5, 0.6) is 5.75 Å². The number of rotatable bonds is 6. The van der Waals surface area contributed by atoms with Crippen LogP contribution in [0.2, 0.25) is 0 Å². The van der Waals surface area contributed by atoms with Crippen molar-refractivity contribution in [1.82, 2.24) is 0 Å². The van der Waals surface area contributed by atoms with Crippen molar-refractivity contribution in [3.05, 3.63) is 27.7 Å². The van der Waals surface area contributed by atoms with E-state index < -0.39 is 5.97 Å². The van der Waals surface area contributed by atoms with Gasteiger partial charge in [0.25, 0.3) is 0 Å². The third-order valence-electron chi connectivity index (χ3n) is 2.65. The summed E-state index contributed by atoms with van der Waals surface area (Å²) in [5.41, 5.74) is 2.26. The number of hydrogen-bond acceptors (Lipinski definition) is 2. The highest BCUT2D eigenvalue weighted by Gasteiger charge is 2.07. The third kappa shape index (κ3) is 4.38. The van der Waals surface area contributed by atoms with Crippen LogP contribution in [-0.2, 0) is 11.2 Å². The molecule has 3 nitrogen and oxygen atoms in total. The molecule has 0 aliphatic rings. The van der Waals surface area contributed by atoms with Crippen LogP contribution < -0.4 is 4.74 Å². The van der Waals surface area contributed by atoms with E-state index in [0.29, 0.717) is 6.42 Å². The SMILES string of the molecule is COc1cc(C)c(Br)cc1CCCCC(=O)O. The summed E-state index contributed by atoms with van der Waals surface area (Å²) in [6, 6.07) is 4.05. The standard InChI is InChI=1S/C13H17BrO3/c1-9-7-12(17-2)10(8-11(9)14)5-3-4-6-13(15)16/h7-8H,3-6H2,1-2H3,(H,15,16). The number of unbranched alkanes of at least 4 members (excludes halogenated alkanes) is 1. The van der Waals surface area contributed by atoms with E-state index in [9.17, 15) is 4.79 Å². The molecule has 1 rings (SSSR count). The second-order valence-corrected chi connectivity index (χ2v) is 4.87. The van der Waals surface area contributed by atoms with Crippen molar-refractivity contribution in [3.63, 3.8) is 0 Å². The van der Waals surface area contributed by atoms with E-state index in [1.54, 1.807) is 7.11 Å². The lowest BCUT2D eigenvalue weighted by atomic mass is 10.0. The molecule has 0 aliphatic heterocycles. The number of carboxylic acid groups (broad SMARTS) is 1. The largest absolute Gasteiger partial charge is 0.496 e. The molecule has 0 spiro atoms. The van der Waals surface area contributed by atoms with Crippen LogP contribution in [-0.4, -0.2) is 18.2 Å². The minimum Gasteiger partial charge on any atom is -0.496 e. The van der Waals surface area contributed by atoms with Gasteiger partial charge < -0.3 is 9.84 Å². The van der Waals surface area contributed by atoms with E-state index in [0.717, 1.165) is 34.2 Å². The van der Waals surface area contributed by atoms with Gasteiger partial charge in [0.1, 0.15) is 5.75 Å². The third-order valence-corrected chi connectivity index (χ3v) is 3.50. The fourth-order valence-corrected chi connectivity index (χ4v) is 2.06. The maximum atomic E-state index is 10.4. The molecular formula is C13H17BrO3. The van der Waals surface area contributed by atoms with Gasteiger partial charge in [0.05, 0.1) is 7.11 Å². The van der Waals surface area contributed by atoms with E-state index >= 15 is 0 Å². The Balaban J connectivity index is 2.63. The van der Waals surface area contributed by atoms with E-state index in [1.807, 2.05) is 13.0 Å². The van der Waals surface area contributed by atoms with Crippen molar-refractivity contribution in [2.75, 3.05) is 7.11 Å². The molecule has 17 heavy (non-hydrogen) atoms. The van der Waals surface area contributed by atoms with Crippen LogP contribution in [0, 0.1) is 6.92 Å². The Morgan fingerprint density at radius 2 is 2.12 bits per heavy atom. The molecule has 1 N–H and O–H groups in total. The van der Waals surface area contributed by atoms with Gasteiger partial charge in [-0.1, -0.05) is 15.9 Å². The fraction of sp³-hybridized carbons (Fsp3) is 0.462. The lowest BCUT2D eigenvalue weighted by Crippen LogP contribution is -1.97. The summed E-state index contributed by atoms with van der Waals surface area (Å²) >= 11 is 3.49. The predicted molar refractivity (Wildman–Crippen MR) is 70.6 cm³/mol. The average molecular weight is 301 g/mol. The molecule has 0 heterocycles. The number of hydrogen-bond donors (Lipinski definition) is 1. The molecule has 1 aromatic rings. The second-order valence-electron chi connectivity index (χ2n) is 4.01. The molecule has 0 unspecified atom stereocenters. The van der Waals surface area contributed by atoms with Gasteiger partial charge in [-0.15, -0.1) is 0 Å². The highest BCUT2D eigenvalue weighted by atomic mass is 79.9. The first kappa shape index (κ1) is 14.0. The zero-order valence-corrected chi connectivity index (χ0v) is 11.7. The number of ether oxygens (including phenoxy) is 1. The second kappa shape index (κ2) is 6.64. The summed E-state index contributed by atoms with van der Waals surface area (Å²) in [5.74, 6) is 0.142. The first-order valence-electron chi connectivity index (χ1n) is 5.59. The lowest BCUT2D eigenvalue weighted by molar-refractivity contribution is -0.137. The van der Waals surface area contributed by atoms with Gasteiger partial charge in [0.15, 0.2) is 0 Å². The smallest absolute Gasteiger partial charge is 0.303 e. The summed E-state index contributed by atoms with van der Waals surface area (Å²) in [4.78, 5) is 10.4. The Labute approximate surface area is 110 Å². The van der Waals surface area contributed by atoms with Gasteiger partial charge in [0.2, 0.25) is 0 Å². The van der Waals surface area contributed by atoms with Gasteiger partial charge in [-0.05, 0) is 49.4 Å². The van der Waals surface area contributed by atoms with Gasteiger partial charge in [-0.3, -0.25) is 4.79 Å². The van der Waals surface area contributed by atoms with Crippen molar-refractivity contribution in [2.24, 2.45) is 0 Å². The molecule has 0 fully saturated rings. The Morgan fingerprint density at radius 1 is 1.41 bits per heavy atom. The highest BCUT2D eigenvalue weighted by molar-refractivity contribution is 9.10. The number of aryl methyl sites for hydroxylation is 2. The molecule has 1 aromatic carbocycles. The maximum absolute atomic E-state index is 10.4. The Bertz CT molecular complexity index is 402. The van der Waals surface area contributed by atoms with E-state index in [4.69, 9.17) is 9.84 Å². The molecule has 0 amide bonds.